The number of nitrogens with zero attached hydrogens (tertiary/aromatic N) is 3. The maximum absolute atomic E-state index is 13.0. The Hall–Kier alpha value is -2.42. The summed E-state index contributed by atoms with van der Waals surface area (Å²) in [6, 6.07) is 6.55. The fourth-order valence-electron chi connectivity index (χ4n) is 2.77. The van der Waals surface area contributed by atoms with E-state index in [1.165, 1.54) is 19.3 Å². The molecule has 128 valence electrons. The molecule has 0 atom stereocenters. The fourth-order valence-corrected chi connectivity index (χ4v) is 4.60. The van der Waals surface area contributed by atoms with Crippen LogP contribution >= 0.6 is 0 Å². The first-order valence-corrected chi connectivity index (χ1v) is 8.51. The summed E-state index contributed by atoms with van der Waals surface area (Å²) in [5, 5.41) is 14.4. The largest absolute Gasteiger partial charge is 0.506 e. The van der Waals surface area contributed by atoms with E-state index in [-0.39, 0.29) is 21.8 Å². The molecule has 0 saturated carbocycles. The summed E-state index contributed by atoms with van der Waals surface area (Å²) in [5.41, 5.74) is 0.974. The molecule has 1 aromatic heterocycles. The van der Waals surface area contributed by atoms with Gasteiger partial charge in [-0.3, -0.25) is 4.68 Å². The third-order valence-electron chi connectivity index (χ3n) is 3.86. The summed E-state index contributed by atoms with van der Waals surface area (Å²) in [6.07, 6.45) is -1.61. The van der Waals surface area contributed by atoms with Gasteiger partial charge >= 0.3 is 0 Å². The standard InChI is InChI=1S/C15H15F2N3O3S/c1-9-5-3-4-6-10(9)14-13(21)11-7-18-19(2)15(11)20(8-12(16)17)24(14,22)23/h3-7,12,21H,8H2,1-2H3. The highest BCUT2D eigenvalue weighted by atomic mass is 32.2. The van der Waals surface area contributed by atoms with E-state index in [0.717, 1.165) is 4.68 Å². The highest BCUT2D eigenvalue weighted by Gasteiger charge is 2.42. The molecule has 1 aliphatic rings. The van der Waals surface area contributed by atoms with Crippen LogP contribution in [0.2, 0.25) is 0 Å². The Balaban J connectivity index is 2.34. The van der Waals surface area contributed by atoms with Crippen LogP contribution in [0.4, 0.5) is 14.6 Å². The van der Waals surface area contributed by atoms with Crippen LogP contribution < -0.4 is 4.31 Å². The highest BCUT2D eigenvalue weighted by Crippen LogP contribution is 2.43. The van der Waals surface area contributed by atoms with Crippen LogP contribution in [0, 0.1) is 6.92 Å². The summed E-state index contributed by atoms with van der Waals surface area (Å²) in [6.45, 7) is 0.666. The lowest BCUT2D eigenvalue weighted by Gasteiger charge is -2.30. The predicted molar refractivity (Wildman–Crippen MR) is 86.1 cm³/mol. The molecule has 2 heterocycles. The van der Waals surface area contributed by atoms with Crippen LogP contribution in [0.25, 0.3) is 10.7 Å². The van der Waals surface area contributed by atoms with Gasteiger partial charge in [-0.2, -0.15) is 5.10 Å². The molecule has 0 saturated heterocycles. The number of aromatic nitrogens is 2. The number of sulfonamides is 1. The van der Waals surface area contributed by atoms with Crippen molar-refractivity contribution in [2.24, 2.45) is 7.05 Å². The molecule has 0 bridgehead atoms. The quantitative estimate of drug-likeness (QED) is 0.918. The van der Waals surface area contributed by atoms with Gasteiger partial charge in [0.25, 0.3) is 16.4 Å². The van der Waals surface area contributed by atoms with Crippen molar-refractivity contribution in [1.29, 1.82) is 0 Å². The van der Waals surface area contributed by atoms with Crippen LogP contribution in [0.5, 0.6) is 0 Å². The van der Waals surface area contributed by atoms with E-state index in [1.807, 2.05) is 0 Å². The van der Waals surface area contributed by atoms with Crippen LogP contribution in [0.1, 0.15) is 16.7 Å². The van der Waals surface area contributed by atoms with E-state index in [2.05, 4.69) is 5.10 Å². The van der Waals surface area contributed by atoms with Gasteiger partial charge in [0.2, 0.25) is 0 Å². The monoisotopic (exact) mass is 355 g/mol. The zero-order valence-electron chi connectivity index (χ0n) is 12.9. The van der Waals surface area contributed by atoms with E-state index in [1.54, 1.807) is 25.1 Å². The minimum Gasteiger partial charge on any atom is -0.506 e. The van der Waals surface area contributed by atoms with Gasteiger partial charge < -0.3 is 5.11 Å². The summed E-state index contributed by atoms with van der Waals surface area (Å²) in [4.78, 5) is -0.387. The molecule has 0 radical (unpaired) electrons. The molecule has 24 heavy (non-hydrogen) atoms. The molecule has 2 aromatic rings. The van der Waals surface area contributed by atoms with Crippen molar-refractivity contribution in [2.75, 3.05) is 10.8 Å². The van der Waals surface area contributed by atoms with Crippen LogP contribution in [0.15, 0.2) is 30.5 Å². The number of rotatable bonds is 3. The van der Waals surface area contributed by atoms with E-state index < -0.39 is 28.8 Å². The van der Waals surface area contributed by atoms with Gasteiger partial charge in [-0.15, -0.1) is 0 Å². The first kappa shape index (κ1) is 16.4. The lowest BCUT2D eigenvalue weighted by molar-refractivity contribution is 0.159. The van der Waals surface area contributed by atoms with Gasteiger partial charge in [-0.05, 0) is 12.5 Å². The molecule has 1 aromatic carbocycles. The first-order chi connectivity index (χ1) is 11.2. The Morgan fingerprint density at radius 1 is 1.25 bits per heavy atom. The smallest absolute Gasteiger partial charge is 0.270 e. The zero-order valence-corrected chi connectivity index (χ0v) is 13.8. The van der Waals surface area contributed by atoms with Crippen molar-refractivity contribution in [2.45, 2.75) is 13.3 Å². The number of benzene rings is 1. The molecule has 3 rings (SSSR count). The van der Waals surface area contributed by atoms with Crippen molar-refractivity contribution in [3.8, 4) is 0 Å². The molecule has 6 nitrogen and oxygen atoms in total. The van der Waals surface area contributed by atoms with Gasteiger partial charge in [-0.25, -0.2) is 21.5 Å². The Morgan fingerprint density at radius 2 is 1.92 bits per heavy atom. The van der Waals surface area contributed by atoms with Crippen molar-refractivity contribution in [3.63, 3.8) is 0 Å². The summed E-state index contributed by atoms with van der Waals surface area (Å²) >= 11 is 0. The minimum absolute atomic E-state index is 0.0786. The third-order valence-corrected chi connectivity index (χ3v) is 5.69. The average Bonchev–Trinajstić information content (AvgIpc) is 2.87. The molecular weight excluding hydrogens is 340 g/mol. The molecular formula is C15H15F2N3O3S. The molecule has 0 aliphatic carbocycles. The van der Waals surface area contributed by atoms with Gasteiger partial charge in [0.15, 0.2) is 5.82 Å². The van der Waals surface area contributed by atoms with Crippen molar-refractivity contribution < 1.29 is 22.3 Å². The lowest BCUT2D eigenvalue weighted by atomic mass is 10.1. The number of hydrogen-bond acceptors (Lipinski definition) is 4. The molecule has 9 heteroatoms. The molecule has 1 N–H and O–H groups in total. The van der Waals surface area contributed by atoms with Gasteiger partial charge in [-0.1, -0.05) is 24.3 Å². The van der Waals surface area contributed by atoms with Gasteiger partial charge in [0, 0.05) is 12.6 Å². The second-order valence-corrected chi connectivity index (χ2v) is 7.22. The zero-order chi connectivity index (χ0) is 17.6. The minimum atomic E-state index is -4.37. The Bertz CT molecular complexity index is 935. The molecule has 1 aliphatic heterocycles. The number of halogens is 2. The Labute approximate surface area is 137 Å². The van der Waals surface area contributed by atoms with Gasteiger partial charge in [0.1, 0.15) is 10.7 Å². The second-order valence-electron chi connectivity index (χ2n) is 5.43. The first-order valence-electron chi connectivity index (χ1n) is 7.07. The van der Waals surface area contributed by atoms with Crippen LogP contribution in [-0.4, -0.2) is 36.3 Å². The maximum atomic E-state index is 13.0. The highest BCUT2D eigenvalue weighted by molar-refractivity contribution is 8.02. The third kappa shape index (κ3) is 2.35. The normalized spacial score (nSPS) is 16.6. The summed E-state index contributed by atoms with van der Waals surface area (Å²) in [7, 11) is -2.94. The maximum Gasteiger partial charge on any atom is 0.270 e. The van der Waals surface area contributed by atoms with E-state index in [0.29, 0.717) is 9.87 Å². The van der Waals surface area contributed by atoms with Crippen LogP contribution in [0.3, 0.4) is 0 Å². The molecule has 0 unspecified atom stereocenters. The summed E-state index contributed by atoms with van der Waals surface area (Å²) in [5.74, 6) is -0.567. The number of anilines is 1. The number of aryl methyl sites for hydroxylation is 2. The summed E-state index contributed by atoms with van der Waals surface area (Å²) < 4.78 is 53.6. The predicted octanol–water partition coefficient (Wildman–Crippen LogP) is 2.53. The number of aliphatic hydroxyl groups is 1. The molecule has 0 fully saturated rings. The van der Waals surface area contributed by atoms with Crippen LogP contribution in [-0.2, 0) is 17.1 Å². The van der Waals surface area contributed by atoms with Crippen molar-refractivity contribution >= 4 is 26.5 Å². The molecule has 0 spiro atoms. The van der Waals surface area contributed by atoms with Crippen molar-refractivity contribution in [1.82, 2.24) is 9.78 Å². The Kier molecular flexibility index (Phi) is 3.83. The lowest BCUT2D eigenvalue weighted by Crippen LogP contribution is -2.39. The fraction of sp³-hybridized carbons (Fsp3) is 0.267. The second kappa shape index (κ2) is 5.59. The number of hydrogen-bond donors (Lipinski definition) is 1. The van der Waals surface area contributed by atoms with Crippen molar-refractivity contribution in [3.05, 3.63) is 47.2 Å². The number of aliphatic hydroxyl groups excluding tert-OH is 1. The van der Waals surface area contributed by atoms with E-state index in [4.69, 9.17) is 0 Å². The topological polar surface area (TPSA) is 75.4 Å². The SMILES string of the molecule is Cc1ccccc1C1=C(O)c2cnn(C)c2N(CC(F)F)S1(=O)=O. The average molecular weight is 355 g/mol. The van der Waals surface area contributed by atoms with E-state index >= 15 is 0 Å². The van der Waals surface area contributed by atoms with E-state index in [9.17, 15) is 22.3 Å². The number of alkyl halides is 2. The molecule has 0 amide bonds. The van der Waals surface area contributed by atoms with Gasteiger partial charge in [0.05, 0.1) is 18.3 Å². The Morgan fingerprint density at radius 3 is 2.54 bits per heavy atom. The number of fused-ring (bicyclic) bond motifs is 1.